The van der Waals surface area contributed by atoms with Gasteiger partial charge in [-0.25, -0.2) is 8.42 Å². The second kappa shape index (κ2) is 7.40. The van der Waals surface area contributed by atoms with Crippen molar-refractivity contribution in [3.8, 4) is 11.3 Å². The van der Waals surface area contributed by atoms with Crippen LogP contribution in [-0.4, -0.2) is 18.7 Å². The van der Waals surface area contributed by atoms with E-state index in [0.29, 0.717) is 12.1 Å². The van der Waals surface area contributed by atoms with Crippen LogP contribution >= 0.6 is 0 Å². The van der Waals surface area contributed by atoms with Gasteiger partial charge in [0.25, 0.3) is 0 Å². The van der Waals surface area contributed by atoms with E-state index in [1.54, 1.807) is 25.3 Å². The third-order valence-electron chi connectivity index (χ3n) is 3.60. The summed E-state index contributed by atoms with van der Waals surface area (Å²) in [6.07, 6.45) is 4.33. The monoisotopic (exact) mass is 318 g/mol. The Balaban J connectivity index is 2.08. The van der Waals surface area contributed by atoms with Crippen LogP contribution in [0.2, 0.25) is 0 Å². The van der Waals surface area contributed by atoms with Gasteiger partial charge in [-0.15, -0.1) is 0 Å². The number of nitrogens with one attached hydrogen (secondary N) is 1. The van der Waals surface area contributed by atoms with E-state index < -0.39 is 10.0 Å². The molecule has 0 aliphatic heterocycles. The smallest absolute Gasteiger partial charge is 0.235 e. The van der Waals surface area contributed by atoms with Crippen molar-refractivity contribution in [2.75, 3.05) is 4.72 Å². The van der Waals surface area contributed by atoms with E-state index in [4.69, 9.17) is 0 Å². The predicted molar refractivity (Wildman–Crippen MR) is 91.2 cm³/mol. The Hall–Kier alpha value is -1.88. The Morgan fingerprint density at radius 3 is 2.45 bits per heavy atom. The van der Waals surface area contributed by atoms with E-state index in [0.717, 1.165) is 24.1 Å². The van der Waals surface area contributed by atoms with Gasteiger partial charge in [-0.05, 0) is 37.6 Å². The van der Waals surface area contributed by atoms with Gasteiger partial charge in [0.1, 0.15) is 0 Å². The number of hydrogen-bond donors (Lipinski definition) is 1. The highest BCUT2D eigenvalue weighted by Gasteiger charge is 2.19. The summed E-state index contributed by atoms with van der Waals surface area (Å²) in [6.45, 7) is 3.81. The largest absolute Gasteiger partial charge is 0.283 e. The standard InChI is InChI=1S/C17H22N2O2S/c1-3-4-7-14(2)22(20,21)19-16-11-9-15(10-12-16)17-8-5-6-13-18-17/h5-6,8-14,19H,3-4,7H2,1-2H3. The molecule has 1 unspecified atom stereocenters. The topological polar surface area (TPSA) is 59.1 Å². The first-order valence-corrected chi connectivity index (χ1v) is 9.10. The molecule has 22 heavy (non-hydrogen) atoms. The molecule has 2 aromatic rings. The summed E-state index contributed by atoms with van der Waals surface area (Å²) in [5.74, 6) is 0. The number of aromatic nitrogens is 1. The van der Waals surface area contributed by atoms with Crippen LogP contribution < -0.4 is 4.72 Å². The summed E-state index contributed by atoms with van der Waals surface area (Å²) in [5.41, 5.74) is 2.42. The highest BCUT2D eigenvalue weighted by Crippen LogP contribution is 2.21. The van der Waals surface area contributed by atoms with Crippen LogP contribution in [0.25, 0.3) is 11.3 Å². The molecule has 0 spiro atoms. The number of hydrogen-bond acceptors (Lipinski definition) is 3. The summed E-state index contributed by atoms with van der Waals surface area (Å²) in [6, 6.07) is 13.0. The molecule has 0 fully saturated rings. The van der Waals surface area contributed by atoms with E-state index in [2.05, 4.69) is 16.6 Å². The zero-order valence-corrected chi connectivity index (χ0v) is 13.8. The molecule has 1 aromatic heterocycles. The molecule has 4 nitrogen and oxygen atoms in total. The van der Waals surface area contributed by atoms with Crippen LogP contribution in [0, 0.1) is 0 Å². The summed E-state index contributed by atoms with van der Waals surface area (Å²) >= 11 is 0. The molecule has 0 saturated heterocycles. The summed E-state index contributed by atoms with van der Waals surface area (Å²) in [4.78, 5) is 4.28. The molecular formula is C17H22N2O2S. The molecule has 2 rings (SSSR count). The van der Waals surface area contributed by atoms with Gasteiger partial charge in [-0.2, -0.15) is 0 Å². The van der Waals surface area contributed by atoms with Gasteiger partial charge in [0, 0.05) is 17.4 Å². The molecule has 0 bridgehead atoms. The summed E-state index contributed by atoms with van der Waals surface area (Å²) in [5, 5.41) is -0.386. The van der Waals surface area contributed by atoms with Crippen molar-refractivity contribution >= 4 is 15.7 Å². The van der Waals surface area contributed by atoms with E-state index in [9.17, 15) is 8.42 Å². The van der Waals surface area contributed by atoms with Gasteiger partial charge >= 0.3 is 0 Å². The van der Waals surface area contributed by atoms with Gasteiger partial charge < -0.3 is 0 Å². The van der Waals surface area contributed by atoms with Crippen molar-refractivity contribution in [2.24, 2.45) is 0 Å². The zero-order chi connectivity index (χ0) is 16.0. The van der Waals surface area contributed by atoms with E-state index in [-0.39, 0.29) is 5.25 Å². The molecule has 0 saturated carbocycles. The minimum absolute atomic E-state index is 0.386. The summed E-state index contributed by atoms with van der Waals surface area (Å²) in [7, 11) is -3.33. The second-order valence-electron chi connectivity index (χ2n) is 5.39. The fourth-order valence-corrected chi connectivity index (χ4v) is 3.30. The fraction of sp³-hybridized carbons (Fsp3) is 0.353. The van der Waals surface area contributed by atoms with Crippen molar-refractivity contribution in [3.63, 3.8) is 0 Å². The maximum atomic E-state index is 12.2. The van der Waals surface area contributed by atoms with Crippen LogP contribution in [0.15, 0.2) is 48.7 Å². The number of sulfonamides is 1. The highest BCUT2D eigenvalue weighted by molar-refractivity contribution is 7.93. The first-order chi connectivity index (χ1) is 10.5. The van der Waals surface area contributed by atoms with Crippen molar-refractivity contribution in [1.29, 1.82) is 0 Å². The normalized spacial score (nSPS) is 12.8. The lowest BCUT2D eigenvalue weighted by Crippen LogP contribution is -2.25. The molecule has 0 amide bonds. The molecule has 5 heteroatoms. The first-order valence-electron chi connectivity index (χ1n) is 7.56. The Morgan fingerprint density at radius 2 is 1.86 bits per heavy atom. The van der Waals surface area contributed by atoms with Gasteiger partial charge in [0.05, 0.1) is 10.9 Å². The molecule has 118 valence electrons. The van der Waals surface area contributed by atoms with Crippen LogP contribution in [0.4, 0.5) is 5.69 Å². The lowest BCUT2D eigenvalue weighted by molar-refractivity contribution is 0.576. The highest BCUT2D eigenvalue weighted by atomic mass is 32.2. The van der Waals surface area contributed by atoms with Crippen molar-refractivity contribution in [1.82, 2.24) is 4.98 Å². The second-order valence-corrected chi connectivity index (χ2v) is 7.49. The van der Waals surface area contributed by atoms with Crippen LogP contribution in [-0.2, 0) is 10.0 Å². The summed E-state index contributed by atoms with van der Waals surface area (Å²) < 4.78 is 27.1. The minimum atomic E-state index is -3.33. The third kappa shape index (κ3) is 4.31. The van der Waals surface area contributed by atoms with Gasteiger partial charge in [-0.3, -0.25) is 9.71 Å². The average molecular weight is 318 g/mol. The SMILES string of the molecule is CCCCC(C)S(=O)(=O)Nc1ccc(-c2ccccn2)cc1. The predicted octanol–water partition coefficient (Wildman–Crippen LogP) is 4.07. The molecule has 0 aliphatic carbocycles. The van der Waals surface area contributed by atoms with Crippen molar-refractivity contribution in [2.45, 2.75) is 38.4 Å². The van der Waals surface area contributed by atoms with E-state index >= 15 is 0 Å². The lowest BCUT2D eigenvalue weighted by Gasteiger charge is -2.14. The Morgan fingerprint density at radius 1 is 1.14 bits per heavy atom. The van der Waals surface area contributed by atoms with Crippen LogP contribution in [0.1, 0.15) is 33.1 Å². The number of nitrogens with zero attached hydrogens (tertiary/aromatic N) is 1. The Bertz CT molecular complexity index is 682. The van der Waals surface area contributed by atoms with Crippen LogP contribution in [0.5, 0.6) is 0 Å². The lowest BCUT2D eigenvalue weighted by atomic mass is 10.1. The van der Waals surface area contributed by atoms with Crippen molar-refractivity contribution < 1.29 is 8.42 Å². The Kier molecular flexibility index (Phi) is 5.55. The number of unbranched alkanes of at least 4 members (excludes halogenated alkanes) is 1. The molecule has 1 heterocycles. The molecule has 0 aliphatic rings. The zero-order valence-electron chi connectivity index (χ0n) is 13.0. The molecule has 1 N–H and O–H groups in total. The average Bonchev–Trinajstić information content (AvgIpc) is 2.53. The molecule has 1 aromatic carbocycles. The number of anilines is 1. The molecule has 0 radical (unpaired) electrons. The first kappa shape index (κ1) is 16.5. The molecule has 1 atom stereocenters. The fourth-order valence-electron chi connectivity index (χ4n) is 2.15. The minimum Gasteiger partial charge on any atom is -0.283 e. The van der Waals surface area contributed by atoms with E-state index in [1.165, 1.54) is 0 Å². The van der Waals surface area contributed by atoms with Gasteiger partial charge in [0.2, 0.25) is 10.0 Å². The van der Waals surface area contributed by atoms with Crippen molar-refractivity contribution in [3.05, 3.63) is 48.7 Å². The van der Waals surface area contributed by atoms with Gasteiger partial charge in [0.15, 0.2) is 0 Å². The number of rotatable bonds is 7. The Labute approximate surface area is 132 Å². The van der Waals surface area contributed by atoms with Crippen LogP contribution in [0.3, 0.4) is 0 Å². The molecular weight excluding hydrogens is 296 g/mol. The quantitative estimate of drug-likeness (QED) is 0.837. The maximum Gasteiger partial charge on any atom is 0.235 e. The maximum absolute atomic E-state index is 12.2. The third-order valence-corrected chi connectivity index (χ3v) is 5.41. The van der Waals surface area contributed by atoms with E-state index in [1.807, 2.05) is 30.3 Å². The number of pyridine rings is 1. The van der Waals surface area contributed by atoms with Gasteiger partial charge in [-0.1, -0.05) is 38.0 Å². The number of benzene rings is 1.